The molecule has 1 aliphatic carbocycles. The predicted octanol–water partition coefficient (Wildman–Crippen LogP) is 3.79. The normalized spacial score (nSPS) is 18.3. The van der Waals surface area contributed by atoms with E-state index >= 15 is 0 Å². The lowest BCUT2D eigenvalue weighted by Gasteiger charge is -2.34. The van der Waals surface area contributed by atoms with Crippen molar-refractivity contribution < 1.29 is 26.4 Å². The number of piperazine rings is 1. The third-order valence-corrected chi connectivity index (χ3v) is 8.67. The SMILES string of the molecule is O=C(c1csc2c1CCCC2)N1CCN(S(=O)(=O)c2ccccc2C(F)(F)F)CC1. The van der Waals surface area contributed by atoms with Crippen LogP contribution in [-0.4, -0.2) is 49.7 Å². The van der Waals surface area contributed by atoms with Crippen LogP contribution < -0.4 is 0 Å². The number of hydrogen-bond acceptors (Lipinski definition) is 4. The van der Waals surface area contributed by atoms with Crippen molar-refractivity contribution >= 4 is 27.3 Å². The zero-order valence-electron chi connectivity index (χ0n) is 16.1. The number of nitrogens with zero attached hydrogens (tertiary/aromatic N) is 2. The van der Waals surface area contributed by atoms with Crippen LogP contribution in [0.5, 0.6) is 0 Å². The zero-order chi connectivity index (χ0) is 21.5. The quantitative estimate of drug-likeness (QED) is 0.703. The Hall–Kier alpha value is -1.91. The molecule has 1 aliphatic heterocycles. The summed E-state index contributed by atoms with van der Waals surface area (Å²) in [5, 5.41) is 1.88. The molecule has 0 radical (unpaired) electrons. The highest BCUT2D eigenvalue weighted by Gasteiger charge is 2.40. The van der Waals surface area contributed by atoms with Crippen LogP contribution in [0.4, 0.5) is 13.2 Å². The summed E-state index contributed by atoms with van der Waals surface area (Å²) < 4.78 is 66.6. The molecule has 1 saturated heterocycles. The van der Waals surface area contributed by atoms with Gasteiger partial charge in [0, 0.05) is 36.4 Å². The molecule has 30 heavy (non-hydrogen) atoms. The lowest BCUT2D eigenvalue weighted by Crippen LogP contribution is -2.50. The summed E-state index contributed by atoms with van der Waals surface area (Å²) >= 11 is 1.59. The van der Waals surface area contributed by atoms with E-state index in [9.17, 15) is 26.4 Å². The predicted molar refractivity (Wildman–Crippen MR) is 107 cm³/mol. The van der Waals surface area contributed by atoms with Crippen LogP contribution in [0.2, 0.25) is 0 Å². The first-order valence-electron chi connectivity index (χ1n) is 9.74. The molecule has 0 saturated carbocycles. The second-order valence-corrected chi connectivity index (χ2v) is 10.3. The van der Waals surface area contributed by atoms with Crippen molar-refractivity contribution in [3.8, 4) is 0 Å². The third kappa shape index (κ3) is 3.88. The molecular weight excluding hydrogens is 437 g/mol. The zero-order valence-corrected chi connectivity index (χ0v) is 17.7. The van der Waals surface area contributed by atoms with Crippen LogP contribution in [0.15, 0.2) is 34.5 Å². The Bertz CT molecular complexity index is 1060. The lowest BCUT2D eigenvalue weighted by molar-refractivity contribution is -0.139. The van der Waals surface area contributed by atoms with Crippen molar-refractivity contribution in [2.45, 2.75) is 36.8 Å². The van der Waals surface area contributed by atoms with Crippen LogP contribution in [0.1, 0.15) is 39.2 Å². The molecule has 2 aliphatic rings. The van der Waals surface area contributed by atoms with E-state index in [1.807, 2.05) is 5.38 Å². The molecule has 1 aromatic carbocycles. The molecule has 1 amide bonds. The van der Waals surface area contributed by atoms with Gasteiger partial charge in [-0.1, -0.05) is 12.1 Å². The smallest absolute Gasteiger partial charge is 0.336 e. The number of amides is 1. The lowest BCUT2D eigenvalue weighted by atomic mass is 9.95. The van der Waals surface area contributed by atoms with Gasteiger partial charge in [0.15, 0.2) is 0 Å². The third-order valence-electron chi connectivity index (χ3n) is 5.63. The number of thiophene rings is 1. The van der Waals surface area contributed by atoms with Crippen LogP contribution in [-0.2, 0) is 29.0 Å². The fourth-order valence-electron chi connectivity index (χ4n) is 4.04. The molecule has 5 nitrogen and oxygen atoms in total. The minimum atomic E-state index is -4.76. The fraction of sp³-hybridized carbons (Fsp3) is 0.450. The highest BCUT2D eigenvalue weighted by molar-refractivity contribution is 7.89. The van der Waals surface area contributed by atoms with E-state index in [0.717, 1.165) is 47.7 Å². The first kappa shape index (κ1) is 21.3. The number of sulfonamides is 1. The van der Waals surface area contributed by atoms with E-state index < -0.39 is 26.7 Å². The van der Waals surface area contributed by atoms with Crippen molar-refractivity contribution in [2.75, 3.05) is 26.2 Å². The molecule has 2 heterocycles. The molecule has 1 fully saturated rings. The van der Waals surface area contributed by atoms with E-state index in [-0.39, 0.29) is 32.1 Å². The van der Waals surface area contributed by atoms with Crippen molar-refractivity contribution in [2.24, 2.45) is 0 Å². The Morgan fingerprint density at radius 2 is 1.67 bits per heavy atom. The van der Waals surface area contributed by atoms with Gasteiger partial charge in [-0.2, -0.15) is 17.5 Å². The van der Waals surface area contributed by atoms with Crippen molar-refractivity contribution in [3.05, 3.63) is 51.2 Å². The molecule has 4 rings (SSSR count). The summed E-state index contributed by atoms with van der Waals surface area (Å²) in [5.74, 6) is -0.123. The standard InChI is InChI=1S/C20H21F3N2O3S2/c21-20(22,23)16-6-2-4-8-18(16)30(27,28)25-11-9-24(10-12-25)19(26)15-13-29-17-7-3-1-5-14(15)17/h2,4,6,8,13H,1,3,5,7,9-12H2. The Kier molecular flexibility index (Phi) is 5.67. The van der Waals surface area contributed by atoms with Crippen LogP contribution in [0.3, 0.4) is 0 Å². The Balaban J connectivity index is 1.50. The molecule has 162 valence electrons. The van der Waals surface area contributed by atoms with Crippen LogP contribution in [0.25, 0.3) is 0 Å². The number of rotatable bonds is 3. The molecule has 10 heteroatoms. The minimum Gasteiger partial charge on any atom is -0.336 e. The molecule has 0 atom stereocenters. The maximum absolute atomic E-state index is 13.3. The molecule has 0 N–H and O–H groups in total. The number of carbonyl (C=O) groups excluding carboxylic acids is 1. The number of aryl methyl sites for hydroxylation is 1. The first-order valence-corrected chi connectivity index (χ1v) is 12.1. The van der Waals surface area contributed by atoms with Crippen LogP contribution >= 0.6 is 11.3 Å². The van der Waals surface area contributed by atoms with E-state index in [0.29, 0.717) is 5.56 Å². The number of benzene rings is 1. The summed E-state index contributed by atoms with van der Waals surface area (Å²) in [6.07, 6.45) is -0.731. The van der Waals surface area contributed by atoms with E-state index in [2.05, 4.69) is 0 Å². The number of alkyl halides is 3. The fourth-order valence-corrected chi connectivity index (χ4v) is 6.79. The van der Waals surface area contributed by atoms with Gasteiger partial charge in [0.2, 0.25) is 10.0 Å². The van der Waals surface area contributed by atoms with Crippen molar-refractivity contribution in [1.82, 2.24) is 9.21 Å². The van der Waals surface area contributed by atoms with Gasteiger partial charge in [0.05, 0.1) is 16.0 Å². The monoisotopic (exact) mass is 458 g/mol. The second-order valence-electron chi connectivity index (χ2n) is 7.45. The van der Waals surface area contributed by atoms with Crippen molar-refractivity contribution in [3.63, 3.8) is 0 Å². The topological polar surface area (TPSA) is 57.7 Å². The molecule has 0 spiro atoms. The molecule has 2 aromatic rings. The van der Waals surface area contributed by atoms with E-state index in [4.69, 9.17) is 0 Å². The van der Waals surface area contributed by atoms with Gasteiger partial charge in [0.1, 0.15) is 0 Å². The minimum absolute atomic E-state index is 0.0351. The summed E-state index contributed by atoms with van der Waals surface area (Å²) in [6, 6.07) is 4.20. The van der Waals surface area contributed by atoms with E-state index in [1.54, 1.807) is 16.2 Å². The van der Waals surface area contributed by atoms with Gasteiger partial charge >= 0.3 is 6.18 Å². The Morgan fingerprint density at radius 3 is 2.37 bits per heavy atom. The van der Waals surface area contributed by atoms with E-state index in [1.165, 1.54) is 17.0 Å². The van der Waals surface area contributed by atoms with Gasteiger partial charge in [0.25, 0.3) is 5.91 Å². The average Bonchev–Trinajstić information content (AvgIpc) is 3.17. The van der Waals surface area contributed by atoms with Gasteiger partial charge < -0.3 is 4.90 Å². The number of halogens is 3. The van der Waals surface area contributed by atoms with Gasteiger partial charge in [-0.3, -0.25) is 4.79 Å². The number of carbonyl (C=O) groups is 1. The highest BCUT2D eigenvalue weighted by atomic mass is 32.2. The molecule has 0 bridgehead atoms. The highest BCUT2D eigenvalue weighted by Crippen LogP contribution is 2.35. The number of fused-ring (bicyclic) bond motifs is 1. The van der Waals surface area contributed by atoms with Gasteiger partial charge in [-0.05, 0) is 43.4 Å². The summed E-state index contributed by atoms with van der Waals surface area (Å²) in [7, 11) is -4.32. The Labute approximate surface area is 177 Å². The first-order chi connectivity index (χ1) is 14.2. The summed E-state index contributed by atoms with van der Waals surface area (Å²) in [4.78, 5) is 15.1. The number of hydrogen-bond donors (Lipinski definition) is 0. The summed E-state index contributed by atoms with van der Waals surface area (Å²) in [6.45, 7) is 0.229. The average molecular weight is 459 g/mol. The molecular formula is C20H21F3N2O3S2. The molecule has 1 aromatic heterocycles. The molecule has 0 unspecified atom stereocenters. The van der Waals surface area contributed by atoms with Crippen LogP contribution in [0, 0.1) is 0 Å². The van der Waals surface area contributed by atoms with Gasteiger partial charge in [-0.15, -0.1) is 11.3 Å². The maximum atomic E-state index is 13.3. The Morgan fingerprint density at radius 1 is 1.00 bits per heavy atom. The largest absolute Gasteiger partial charge is 0.417 e. The van der Waals surface area contributed by atoms with Gasteiger partial charge in [-0.25, -0.2) is 8.42 Å². The van der Waals surface area contributed by atoms with Crippen molar-refractivity contribution in [1.29, 1.82) is 0 Å². The summed E-state index contributed by atoms with van der Waals surface area (Å²) in [5.41, 5.74) is 0.618. The maximum Gasteiger partial charge on any atom is 0.417 e. The second kappa shape index (κ2) is 7.97.